The molecule has 5 heteroatoms. The molecule has 0 saturated carbocycles. The number of benzene rings is 1. The van der Waals surface area contributed by atoms with Gasteiger partial charge in [0.2, 0.25) is 0 Å². The van der Waals surface area contributed by atoms with E-state index >= 15 is 0 Å². The van der Waals surface area contributed by atoms with Crippen LogP contribution in [0.1, 0.15) is 18.9 Å². The molecule has 1 aromatic heterocycles. The molecule has 0 amide bonds. The van der Waals surface area contributed by atoms with E-state index < -0.39 is 0 Å². The van der Waals surface area contributed by atoms with Crippen molar-refractivity contribution < 1.29 is 0 Å². The monoisotopic (exact) mass is 356 g/mol. The summed E-state index contributed by atoms with van der Waals surface area (Å²) >= 11 is 1.73. The van der Waals surface area contributed by atoms with Crippen molar-refractivity contribution in [2.24, 2.45) is 4.99 Å². The van der Waals surface area contributed by atoms with Crippen LogP contribution in [0, 0.1) is 0 Å². The number of hydrogen-bond donors (Lipinski definition) is 1. The zero-order valence-electron chi connectivity index (χ0n) is 15.4. The van der Waals surface area contributed by atoms with Crippen LogP contribution in [0.3, 0.4) is 0 Å². The number of fused-ring (bicyclic) bond motifs is 1. The number of hydrogen-bond acceptors (Lipinski definition) is 5. The fourth-order valence-corrected chi connectivity index (χ4v) is 3.92. The lowest BCUT2D eigenvalue weighted by Crippen LogP contribution is -2.51. The Morgan fingerprint density at radius 3 is 2.76 bits per heavy atom. The first kappa shape index (κ1) is 18.1. The van der Waals surface area contributed by atoms with Crippen molar-refractivity contribution in [3.05, 3.63) is 57.2 Å². The highest BCUT2D eigenvalue weighted by atomic mass is 32.1. The minimum Gasteiger partial charge on any atom is -0.350 e. The van der Waals surface area contributed by atoms with Crippen molar-refractivity contribution in [1.29, 1.82) is 0 Å². The molecule has 0 fully saturated rings. The molecule has 1 aromatic carbocycles. The average Bonchev–Trinajstić information content (AvgIpc) is 3.06. The number of rotatable bonds is 8. The molecule has 1 aliphatic rings. The minimum atomic E-state index is 0.138. The third-order valence-corrected chi connectivity index (χ3v) is 5.38. The summed E-state index contributed by atoms with van der Waals surface area (Å²) in [4.78, 5) is 9.69. The summed E-state index contributed by atoms with van der Waals surface area (Å²) in [6.45, 7) is 5.15. The first-order valence-electron chi connectivity index (χ1n) is 8.98. The Bertz CT molecular complexity index is 768. The van der Waals surface area contributed by atoms with E-state index in [1.807, 2.05) is 0 Å². The van der Waals surface area contributed by atoms with Crippen LogP contribution in [0.5, 0.6) is 0 Å². The van der Waals surface area contributed by atoms with Crippen LogP contribution >= 0.6 is 11.3 Å². The van der Waals surface area contributed by atoms with Crippen molar-refractivity contribution in [2.75, 3.05) is 27.2 Å². The molecule has 0 spiro atoms. The third kappa shape index (κ3) is 4.69. The second kappa shape index (κ2) is 8.61. The lowest BCUT2D eigenvalue weighted by atomic mass is 10.1. The summed E-state index contributed by atoms with van der Waals surface area (Å²) in [5.74, 6) is 0. The van der Waals surface area contributed by atoms with Crippen molar-refractivity contribution in [3.63, 3.8) is 0 Å². The Morgan fingerprint density at radius 1 is 1.24 bits per heavy atom. The Balaban J connectivity index is 1.82. The summed E-state index contributed by atoms with van der Waals surface area (Å²) < 4.78 is 1.15. The number of nitrogens with one attached hydrogen (secondary N) is 1. The smallest absolute Gasteiger partial charge is 0.138 e. The minimum absolute atomic E-state index is 0.138. The molecule has 134 valence electrons. The van der Waals surface area contributed by atoms with E-state index in [4.69, 9.17) is 4.99 Å². The van der Waals surface area contributed by atoms with Crippen LogP contribution in [0.2, 0.25) is 0 Å². The predicted octanol–water partition coefficient (Wildman–Crippen LogP) is 1.88. The van der Waals surface area contributed by atoms with Gasteiger partial charge in [0.25, 0.3) is 0 Å². The van der Waals surface area contributed by atoms with Crippen LogP contribution in [0.25, 0.3) is 6.20 Å². The van der Waals surface area contributed by atoms with Gasteiger partial charge < -0.3 is 15.1 Å². The van der Waals surface area contributed by atoms with Crippen LogP contribution in [-0.2, 0) is 6.54 Å². The SMILES string of the molecule is CCC(NCCN(C)C)C1N=c2sccc2=CN1Cc1ccccc1. The normalized spacial score (nSPS) is 17.8. The molecule has 0 saturated heterocycles. The predicted molar refractivity (Wildman–Crippen MR) is 106 cm³/mol. The molecule has 1 aliphatic heterocycles. The third-order valence-electron chi connectivity index (χ3n) is 4.54. The van der Waals surface area contributed by atoms with Gasteiger partial charge >= 0.3 is 0 Å². The van der Waals surface area contributed by atoms with Gasteiger partial charge in [-0.3, -0.25) is 0 Å². The molecular formula is C20H28N4S. The van der Waals surface area contributed by atoms with E-state index in [1.54, 1.807) is 11.3 Å². The molecule has 2 unspecified atom stereocenters. The van der Waals surface area contributed by atoms with E-state index in [0.717, 1.165) is 30.7 Å². The molecule has 2 heterocycles. The number of likely N-dealkylation sites (N-methyl/N-ethyl adjacent to an activating group) is 1. The van der Waals surface area contributed by atoms with Gasteiger partial charge in [0.15, 0.2) is 0 Å². The highest BCUT2D eigenvalue weighted by Crippen LogP contribution is 2.16. The quantitative estimate of drug-likeness (QED) is 0.783. The van der Waals surface area contributed by atoms with E-state index in [1.165, 1.54) is 10.8 Å². The highest BCUT2D eigenvalue weighted by molar-refractivity contribution is 7.07. The maximum absolute atomic E-state index is 5.09. The molecule has 3 rings (SSSR count). The summed E-state index contributed by atoms with van der Waals surface area (Å²) in [6, 6.07) is 13.2. The molecule has 0 bridgehead atoms. The van der Waals surface area contributed by atoms with Crippen LogP contribution in [0.15, 0.2) is 46.8 Å². The summed E-state index contributed by atoms with van der Waals surface area (Å²) in [6.07, 6.45) is 3.48. The first-order valence-corrected chi connectivity index (χ1v) is 9.86. The largest absolute Gasteiger partial charge is 0.350 e. The van der Waals surface area contributed by atoms with E-state index in [0.29, 0.717) is 6.04 Å². The molecule has 2 atom stereocenters. The zero-order chi connectivity index (χ0) is 17.6. The maximum atomic E-state index is 5.09. The van der Waals surface area contributed by atoms with Crippen LogP contribution in [0.4, 0.5) is 0 Å². The molecule has 0 aliphatic carbocycles. The van der Waals surface area contributed by atoms with Gasteiger partial charge in [-0.2, -0.15) is 0 Å². The fraction of sp³-hybridized carbons (Fsp3) is 0.450. The average molecular weight is 357 g/mol. The van der Waals surface area contributed by atoms with Gasteiger partial charge in [-0.1, -0.05) is 37.3 Å². The molecular weight excluding hydrogens is 328 g/mol. The van der Waals surface area contributed by atoms with Crippen molar-refractivity contribution >= 4 is 17.5 Å². The number of thiophene rings is 1. The van der Waals surface area contributed by atoms with Crippen molar-refractivity contribution in [1.82, 2.24) is 15.1 Å². The van der Waals surface area contributed by atoms with Crippen molar-refractivity contribution in [2.45, 2.75) is 32.1 Å². The van der Waals surface area contributed by atoms with Gasteiger partial charge in [0.1, 0.15) is 10.8 Å². The van der Waals surface area contributed by atoms with Gasteiger partial charge in [-0.25, -0.2) is 4.99 Å². The van der Waals surface area contributed by atoms with Gasteiger partial charge in [0.05, 0.1) is 0 Å². The van der Waals surface area contributed by atoms with E-state index in [2.05, 4.69) is 84.1 Å². The van der Waals surface area contributed by atoms with Gasteiger partial charge in [0, 0.05) is 37.1 Å². The molecule has 1 N–H and O–H groups in total. The highest BCUT2D eigenvalue weighted by Gasteiger charge is 2.26. The summed E-state index contributed by atoms with van der Waals surface area (Å²) in [5.41, 5.74) is 1.32. The molecule has 0 radical (unpaired) electrons. The van der Waals surface area contributed by atoms with Gasteiger partial charge in [-0.05, 0) is 37.5 Å². The van der Waals surface area contributed by atoms with Crippen LogP contribution in [-0.4, -0.2) is 49.2 Å². The second-order valence-corrected chi connectivity index (χ2v) is 7.68. The topological polar surface area (TPSA) is 30.9 Å². The lowest BCUT2D eigenvalue weighted by molar-refractivity contribution is 0.222. The van der Waals surface area contributed by atoms with Crippen molar-refractivity contribution in [3.8, 4) is 0 Å². The Labute approximate surface area is 154 Å². The summed E-state index contributed by atoms with van der Waals surface area (Å²) in [5, 5.41) is 7.09. The Kier molecular flexibility index (Phi) is 6.24. The number of nitrogens with zero attached hydrogens (tertiary/aromatic N) is 3. The molecule has 4 nitrogen and oxygen atoms in total. The van der Waals surface area contributed by atoms with E-state index in [-0.39, 0.29) is 6.17 Å². The molecule has 2 aromatic rings. The summed E-state index contributed by atoms with van der Waals surface area (Å²) in [7, 11) is 4.22. The Hall–Kier alpha value is -1.69. The Morgan fingerprint density at radius 2 is 2.04 bits per heavy atom. The molecule has 25 heavy (non-hydrogen) atoms. The zero-order valence-corrected chi connectivity index (χ0v) is 16.2. The first-order chi connectivity index (χ1) is 12.2. The second-order valence-electron chi connectivity index (χ2n) is 6.78. The standard InChI is InChI=1S/C20H28N4S/c1-4-18(21-11-12-23(2)3)19-22-20-17(10-13-25-20)15-24(19)14-16-8-6-5-7-9-16/h5-10,13,15,18-19,21H,4,11-12,14H2,1-3H3. The lowest BCUT2D eigenvalue weighted by Gasteiger charge is -2.35. The van der Waals surface area contributed by atoms with Gasteiger partial charge in [-0.15, -0.1) is 11.3 Å². The van der Waals surface area contributed by atoms with E-state index in [9.17, 15) is 0 Å². The van der Waals surface area contributed by atoms with Crippen LogP contribution < -0.4 is 15.2 Å². The maximum Gasteiger partial charge on any atom is 0.138 e. The fourth-order valence-electron chi connectivity index (χ4n) is 3.15.